The van der Waals surface area contributed by atoms with E-state index >= 15 is 0 Å². The highest BCUT2D eigenvalue weighted by atomic mass is 32.2. The Morgan fingerprint density at radius 3 is 2.23 bits per heavy atom. The molecule has 154 valence electrons. The Balaban J connectivity index is 1.46. The molecule has 3 aromatic rings. The van der Waals surface area contributed by atoms with Crippen LogP contribution in [0.1, 0.15) is 32.9 Å². The predicted molar refractivity (Wildman–Crippen MR) is 116 cm³/mol. The normalized spacial score (nSPS) is 13.6. The van der Waals surface area contributed by atoms with Gasteiger partial charge in [-0.2, -0.15) is 0 Å². The molecule has 1 heterocycles. The maximum Gasteiger partial charge on any atom is 0.265 e. The number of hydrogen-bond acceptors (Lipinski definition) is 5. The van der Waals surface area contributed by atoms with Crippen LogP contribution in [0.2, 0.25) is 0 Å². The SMILES string of the molecule is O=C(Nc1cccc(NC(=O)c2cccs2)c1)c1cccc(S(=O)(=O)NC2CC2)c1. The lowest BCUT2D eigenvalue weighted by molar-refractivity contribution is 0.102. The van der Waals surface area contributed by atoms with Crippen molar-refractivity contribution in [1.82, 2.24) is 4.72 Å². The molecule has 1 aliphatic rings. The van der Waals surface area contributed by atoms with Crippen LogP contribution in [0.3, 0.4) is 0 Å². The highest BCUT2D eigenvalue weighted by Gasteiger charge is 2.28. The molecule has 2 aromatic carbocycles. The Hall–Kier alpha value is -3.01. The summed E-state index contributed by atoms with van der Waals surface area (Å²) in [4.78, 5) is 25.5. The van der Waals surface area contributed by atoms with Crippen LogP contribution in [0, 0.1) is 0 Å². The summed E-state index contributed by atoms with van der Waals surface area (Å²) >= 11 is 1.34. The van der Waals surface area contributed by atoms with Gasteiger partial charge >= 0.3 is 0 Å². The summed E-state index contributed by atoms with van der Waals surface area (Å²) in [7, 11) is -3.64. The molecule has 9 heteroatoms. The number of anilines is 2. The first-order valence-corrected chi connectivity index (χ1v) is 11.7. The molecular formula is C21H19N3O4S2. The predicted octanol–water partition coefficient (Wildman–Crippen LogP) is 3.69. The van der Waals surface area contributed by atoms with Gasteiger partial charge in [-0.25, -0.2) is 13.1 Å². The number of thiophene rings is 1. The lowest BCUT2D eigenvalue weighted by atomic mass is 10.2. The minimum atomic E-state index is -3.64. The molecule has 0 spiro atoms. The summed E-state index contributed by atoms with van der Waals surface area (Å²) in [6.45, 7) is 0. The number of nitrogens with one attached hydrogen (secondary N) is 3. The zero-order chi connectivity index (χ0) is 21.1. The van der Waals surface area contributed by atoms with Gasteiger partial charge in [-0.1, -0.05) is 18.2 Å². The van der Waals surface area contributed by atoms with Crippen molar-refractivity contribution in [3.63, 3.8) is 0 Å². The summed E-state index contributed by atoms with van der Waals surface area (Å²) in [5, 5.41) is 7.34. The average Bonchev–Trinajstić information content (AvgIpc) is 3.35. The Labute approximate surface area is 178 Å². The Bertz CT molecular complexity index is 1190. The largest absolute Gasteiger partial charge is 0.322 e. The summed E-state index contributed by atoms with van der Waals surface area (Å²) in [5.41, 5.74) is 1.24. The van der Waals surface area contributed by atoms with Gasteiger partial charge < -0.3 is 10.6 Å². The molecule has 2 amide bonds. The third-order valence-electron chi connectivity index (χ3n) is 4.43. The third kappa shape index (κ3) is 4.93. The fourth-order valence-corrected chi connectivity index (χ4v) is 4.74. The van der Waals surface area contributed by atoms with Crippen LogP contribution in [0.25, 0.3) is 0 Å². The van der Waals surface area contributed by atoms with Crippen molar-refractivity contribution in [2.24, 2.45) is 0 Å². The minimum absolute atomic E-state index is 0.0142. The number of benzene rings is 2. The minimum Gasteiger partial charge on any atom is -0.322 e. The molecule has 7 nitrogen and oxygen atoms in total. The fraction of sp³-hybridized carbons (Fsp3) is 0.143. The van der Waals surface area contributed by atoms with Gasteiger partial charge in [0.25, 0.3) is 11.8 Å². The standard InChI is InChI=1S/C21H19N3O4S2/c25-20(14-4-1-7-18(12-14)30(27,28)24-15-9-10-15)22-16-5-2-6-17(13-16)23-21(26)19-8-3-11-29-19/h1-8,11-13,15,24H,9-10H2,(H,22,25)(H,23,26). The molecule has 1 aromatic heterocycles. The maximum absolute atomic E-state index is 12.6. The highest BCUT2D eigenvalue weighted by molar-refractivity contribution is 7.89. The highest BCUT2D eigenvalue weighted by Crippen LogP contribution is 2.23. The second kappa shape index (κ2) is 8.39. The van der Waals surface area contributed by atoms with Crippen LogP contribution in [-0.2, 0) is 10.0 Å². The van der Waals surface area contributed by atoms with Crippen molar-refractivity contribution in [2.75, 3.05) is 10.6 Å². The zero-order valence-electron chi connectivity index (χ0n) is 15.8. The van der Waals surface area contributed by atoms with Crippen LogP contribution in [0.15, 0.2) is 70.9 Å². The number of carbonyl (C=O) groups is 2. The van der Waals surface area contributed by atoms with Gasteiger partial charge in [0.15, 0.2) is 0 Å². The lowest BCUT2D eigenvalue weighted by Crippen LogP contribution is -2.26. The molecular weight excluding hydrogens is 422 g/mol. The van der Waals surface area contributed by atoms with E-state index in [0.717, 1.165) is 12.8 Å². The topological polar surface area (TPSA) is 104 Å². The van der Waals surface area contributed by atoms with Crippen LogP contribution in [0.5, 0.6) is 0 Å². The summed E-state index contributed by atoms with van der Waals surface area (Å²) in [5.74, 6) is -0.672. The van der Waals surface area contributed by atoms with E-state index in [4.69, 9.17) is 0 Å². The van der Waals surface area contributed by atoms with Gasteiger partial charge in [0.1, 0.15) is 0 Å². The van der Waals surface area contributed by atoms with Gasteiger partial charge in [-0.15, -0.1) is 11.3 Å². The van der Waals surface area contributed by atoms with Gasteiger partial charge in [0, 0.05) is 23.0 Å². The second-order valence-corrected chi connectivity index (χ2v) is 9.55. The molecule has 0 atom stereocenters. The maximum atomic E-state index is 12.6. The number of rotatable bonds is 7. The summed E-state index contributed by atoms with van der Waals surface area (Å²) in [6, 6.07) is 16.2. The van der Waals surface area contributed by atoms with E-state index in [1.54, 1.807) is 42.5 Å². The van der Waals surface area contributed by atoms with Crippen LogP contribution < -0.4 is 15.4 Å². The molecule has 0 unspecified atom stereocenters. The number of sulfonamides is 1. The van der Waals surface area contributed by atoms with E-state index in [1.807, 2.05) is 5.38 Å². The van der Waals surface area contributed by atoms with Crippen molar-refractivity contribution < 1.29 is 18.0 Å². The molecule has 3 N–H and O–H groups in total. The molecule has 1 fully saturated rings. The molecule has 30 heavy (non-hydrogen) atoms. The number of amides is 2. The first-order chi connectivity index (χ1) is 14.4. The first kappa shape index (κ1) is 20.3. The lowest BCUT2D eigenvalue weighted by Gasteiger charge is -2.10. The Morgan fingerprint density at radius 1 is 0.867 bits per heavy atom. The van der Waals surface area contributed by atoms with E-state index in [2.05, 4.69) is 15.4 Å². The molecule has 4 rings (SSSR count). The van der Waals surface area contributed by atoms with Gasteiger partial charge in [0.2, 0.25) is 10.0 Å². The number of carbonyl (C=O) groups excluding carboxylic acids is 2. The summed E-state index contributed by atoms with van der Waals surface area (Å²) in [6.07, 6.45) is 1.66. The van der Waals surface area contributed by atoms with Gasteiger partial charge in [-0.3, -0.25) is 9.59 Å². The van der Waals surface area contributed by atoms with Crippen molar-refractivity contribution in [3.05, 3.63) is 76.5 Å². The quantitative estimate of drug-likeness (QED) is 0.520. The molecule has 1 aliphatic carbocycles. The van der Waals surface area contributed by atoms with Crippen molar-refractivity contribution in [1.29, 1.82) is 0 Å². The Morgan fingerprint density at radius 2 is 1.57 bits per heavy atom. The summed E-state index contributed by atoms with van der Waals surface area (Å²) < 4.78 is 27.4. The van der Waals surface area contributed by atoms with Crippen LogP contribution in [0.4, 0.5) is 11.4 Å². The van der Waals surface area contributed by atoms with Crippen LogP contribution in [-0.4, -0.2) is 26.3 Å². The molecule has 0 radical (unpaired) electrons. The fourth-order valence-electron chi connectivity index (χ4n) is 2.77. The second-order valence-electron chi connectivity index (χ2n) is 6.89. The van der Waals surface area contributed by atoms with Gasteiger partial charge in [0.05, 0.1) is 9.77 Å². The van der Waals surface area contributed by atoms with Crippen LogP contribution >= 0.6 is 11.3 Å². The van der Waals surface area contributed by atoms with Crippen molar-refractivity contribution in [3.8, 4) is 0 Å². The van der Waals surface area contributed by atoms with Crippen molar-refractivity contribution in [2.45, 2.75) is 23.8 Å². The van der Waals surface area contributed by atoms with E-state index in [-0.39, 0.29) is 22.4 Å². The Kier molecular flexibility index (Phi) is 5.67. The first-order valence-electron chi connectivity index (χ1n) is 9.29. The van der Waals surface area contributed by atoms with E-state index in [1.165, 1.54) is 29.5 Å². The average molecular weight is 442 g/mol. The van der Waals surface area contributed by atoms with E-state index in [0.29, 0.717) is 16.3 Å². The number of hydrogen-bond donors (Lipinski definition) is 3. The smallest absolute Gasteiger partial charge is 0.265 e. The zero-order valence-corrected chi connectivity index (χ0v) is 17.4. The third-order valence-corrected chi connectivity index (χ3v) is 6.82. The molecule has 0 aliphatic heterocycles. The molecule has 1 saturated carbocycles. The molecule has 0 saturated heterocycles. The van der Waals surface area contributed by atoms with Gasteiger partial charge in [-0.05, 0) is 60.7 Å². The monoisotopic (exact) mass is 441 g/mol. The van der Waals surface area contributed by atoms with E-state index in [9.17, 15) is 18.0 Å². The van der Waals surface area contributed by atoms with E-state index < -0.39 is 15.9 Å². The molecule has 0 bridgehead atoms. The van der Waals surface area contributed by atoms with Crippen molar-refractivity contribution >= 4 is 44.5 Å².